The summed E-state index contributed by atoms with van der Waals surface area (Å²) in [6, 6.07) is 0. The Hall–Kier alpha value is -0.950. The van der Waals surface area contributed by atoms with Gasteiger partial charge in [-0.25, -0.2) is 9.67 Å². The van der Waals surface area contributed by atoms with Crippen molar-refractivity contribution in [3.8, 4) is 5.13 Å². The zero-order chi connectivity index (χ0) is 10.4. The first-order chi connectivity index (χ1) is 7.24. The van der Waals surface area contributed by atoms with Crippen LogP contribution >= 0.6 is 27.5 Å². The summed E-state index contributed by atoms with van der Waals surface area (Å²) < 4.78 is 6.75. The van der Waals surface area contributed by atoms with Crippen LogP contribution in [0.1, 0.15) is 24.6 Å². The second-order valence-corrected chi connectivity index (χ2v) is 5.10. The fourth-order valence-electron chi connectivity index (χ4n) is 1.29. The molecule has 1 aliphatic rings. The Morgan fingerprint density at radius 3 is 2.93 bits per heavy atom. The van der Waals surface area contributed by atoms with Gasteiger partial charge in [-0.1, -0.05) is 0 Å². The van der Waals surface area contributed by atoms with E-state index in [9.17, 15) is 0 Å². The Morgan fingerprint density at radius 1 is 1.53 bits per heavy atom. The number of rotatable bonds is 2. The lowest BCUT2D eigenvalue weighted by Gasteiger charge is -1.90. The molecule has 3 rings (SSSR count). The standard InChI is InChI=1S/C8H8BrN5S/c9-5-3-14(12-6(5)10)8-11-7(13-15-8)4-1-2-4/h3-4H,1-2H2,(H2,10,12). The van der Waals surface area contributed by atoms with Crippen molar-refractivity contribution in [2.75, 3.05) is 5.73 Å². The molecule has 0 amide bonds. The van der Waals surface area contributed by atoms with Gasteiger partial charge >= 0.3 is 0 Å². The van der Waals surface area contributed by atoms with E-state index in [1.165, 1.54) is 24.4 Å². The molecule has 0 unspecified atom stereocenters. The maximum atomic E-state index is 5.63. The number of nitrogens with zero attached hydrogens (tertiary/aromatic N) is 4. The molecule has 2 heterocycles. The minimum atomic E-state index is 0.471. The number of aromatic nitrogens is 4. The van der Waals surface area contributed by atoms with E-state index in [0.717, 1.165) is 15.4 Å². The van der Waals surface area contributed by atoms with Gasteiger partial charge in [-0.2, -0.15) is 4.37 Å². The van der Waals surface area contributed by atoms with Gasteiger partial charge < -0.3 is 5.73 Å². The molecule has 0 saturated heterocycles. The Bertz CT molecular complexity index is 481. The molecule has 0 bridgehead atoms. The van der Waals surface area contributed by atoms with Crippen LogP contribution in [0.5, 0.6) is 0 Å². The first-order valence-corrected chi connectivity index (χ1v) is 6.15. The third-order valence-corrected chi connectivity index (χ3v) is 3.60. The molecule has 5 nitrogen and oxygen atoms in total. The van der Waals surface area contributed by atoms with Crippen LogP contribution in [-0.2, 0) is 0 Å². The van der Waals surface area contributed by atoms with E-state index in [-0.39, 0.29) is 0 Å². The molecular weight excluding hydrogens is 278 g/mol. The summed E-state index contributed by atoms with van der Waals surface area (Å²) in [6.45, 7) is 0. The SMILES string of the molecule is Nc1nn(-c2nc(C3CC3)ns2)cc1Br. The van der Waals surface area contributed by atoms with Gasteiger partial charge in [0, 0.05) is 23.6 Å². The maximum absolute atomic E-state index is 5.63. The van der Waals surface area contributed by atoms with E-state index >= 15 is 0 Å². The smallest absolute Gasteiger partial charge is 0.230 e. The van der Waals surface area contributed by atoms with Crippen LogP contribution in [0.2, 0.25) is 0 Å². The molecule has 0 spiro atoms. The molecule has 7 heteroatoms. The summed E-state index contributed by atoms with van der Waals surface area (Å²) >= 11 is 4.67. The van der Waals surface area contributed by atoms with Crippen LogP contribution in [0.4, 0.5) is 5.82 Å². The summed E-state index contributed by atoms with van der Waals surface area (Å²) in [5.41, 5.74) is 5.63. The van der Waals surface area contributed by atoms with Gasteiger partial charge in [-0.15, -0.1) is 5.10 Å². The van der Waals surface area contributed by atoms with Gasteiger partial charge in [-0.3, -0.25) is 0 Å². The molecule has 1 aliphatic carbocycles. The highest BCUT2D eigenvalue weighted by Crippen LogP contribution is 2.39. The summed E-state index contributed by atoms with van der Waals surface area (Å²) in [5, 5.41) is 4.90. The van der Waals surface area contributed by atoms with E-state index in [0.29, 0.717) is 11.7 Å². The van der Waals surface area contributed by atoms with E-state index in [2.05, 4.69) is 30.4 Å². The Morgan fingerprint density at radius 2 is 2.33 bits per heavy atom. The normalized spacial score (nSPS) is 15.8. The highest BCUT2D eigenvalue weighted by molar-refractivity contribution is 9.10. The van der Waals surface area contributed by atoms with Crippen LogP contribution in [0.25, 0.3) is 5.13 Å². The molecule has 78 valence electrons. The van der Waals surface area contributed by atoms with Crippen molar-refractivity contribution < 1.29 is 0 Å². The minimum absolute atomic E-state index is 0.471. The number of halogens is 1. The molecule has 15 heavy (non-hydrogen) atoms. The van der Waals surface area contributed by atoms with E-state index in [4.69, 9.17) is 5.73 Å². The average molecular weight is 286 g/mol. The van der Waals surface area contributed by atoms with Gasteiger partial charge in [-0.05, 0) is 28.8 Å². The number of hydrogen-bond acceptors (Lipinski definition) is 5. The van der Waals surface area contributed by atoms with E-state index < -0.39 is 0 Å². The average Bonchev–Trinajstić information content (AvgIpc) is 2.85. The quantitative estimate of drug-likeness (QED) is 0.916. The van der Waals surface area contributed by atoms with Crippen LogP contribution in [0, 0.1) is 0 Å². The monoisotopic (exact) mass is 285 g/mol. The lowest BCUT2D eigenvalue weighted by atomic mass is 10.4. The van der Waals surface area contributed by atoms with Gasteiger partial charge in [0.25, 0.3) is 0 Å². The van der Waals surface area contributed by atoms with Crippen molar-refractivity contribution in [2.24, 2.45) is 0 Å². The first-order valence-electron chi connectivity index (χ1n) is 4.58. The van der Waals surface area contributed by atoms with Crippen molar-refractivity contribution in [1.29, 1.82) is 0 Å². The Labute approximate surface area is 98.6 Å². The molecule has 1 saturated carbocycles. The lowest BCUT2D eigenvalue weighted by Crippen LogP contribution is -1.95. The van der Waals surface area contributed by atoms with Crippen molar-refractivity contribution >= 4 is 33.3 Å². The fraction of sp³-hybridized carbons (Fsp3) is 0.375. The minimum Gasteiger partial charge on any atom is -0.381 e. The van der Waals surface area contributed by atoms with Crippen LogP contribution in [0.15, 0.2) is 10.7 Å². The zero-order valence-corrected chi connectivity index (χ0v) is 10.1. The number of nitrogen functional groups attached to an aromatic ring is 1. The molecule has 2 aromatic heterocycles. The van der Waals surface area contributed by atoms with Gasteiger partial charge in [0.05, 0.1) is 4.47 Å². The van der Waals surface area contributed by atoms with E-state index in [1.54, 1.807) is 10.9 Å². The Balaban J connectivity index is 1.97. The first kappa shape index (κ1) is 9.29. The molecular formula is C8H8BrN5S. The van der Waals surface area contributed by atoms with Gasteiger partial charge in [0.1, 0.15) is 5.82 Å². The Kier molecular flexibility index (Phi) is 2.03. The van der Waals surface area contributed by atoms with Crippen LogP contribution < -0.4 is 5.73 Å². The highest BCUT2D eigenvalue weighted by Gasteiger charge is 2.28. The molecule has 0 atom stereocenters. The fourth-order valence-corrected chi connectivity index (χ4v) is 2.24. The predicted octanol–water partition coefficient (Wildman–Crippen LogP) is 1.95. The predicted molar refractivity (Wildman–Crippen MR) is 61.1 cm³/mol. The second kappa shape index (κ2) is 3.28. The number of nitrogens with two attached hydrogens (primary N) is 1. The molecule has 0 aromatic carbocycles. The molecule has 2 aromatic rings. The van der Waals surface area contributed by atoms with Crippen LogP contribution in [-0.4, -0.2) is 19.1 Å². The maximum Gasteiger partial charge on any atom is 0.230 e. The third kappa shape index (κ3) is 1.65. The molecule has 0 radical (unpaired) electrons. The number of hydrogen-bond donors (Lipinski definition) is 1. The zero-order valence-electron chi connectivity index (χ0n) is 7.72. The molecule has 1 fully saturated rings. The number of anilines is 1. The summed E-state index contributed by atoms with van der Waals surface area (Å²) in [7, 11) is 0. The second-order valence-electron chi connectivity index (χ2n) is 3.52. The summed E-state index contributed by atoms with van der Waals surface area (Å²) in [6.07, 6.45) is 4.22. The van der Waals surface area contributed by atoms with Crippen molar-refractivity contribution in [1.82, 2.24) is 19.1 Å². The van der Waals surface area contributed by atoms with E-state index in [1.807, 2.05) is 0 Å². The summed E-state index contributed by atoms with van der Waals surface area (Å²) in [5.74, 6) is 1.99. The van der Waals surface area contributed by atoms with Gasteiger partial charge in [0.15, 0.2) is 5.82 Å². The molecule has 0 aliphatic heterocycles. The van der Waals surface area contributed by atoms with Crippen molar-refractivity contribution in [3.05, 3.63) is 16.5 Å². The van der Waals surface area contributed by atoms with Crippen molar-refractivity contribution in [2.45, 2.75) is 18.8 Å². The molecule has 2 N–H and O–H groups in total. The lowest BCUT2D eigenvalue weighted by molar-refractivity contribution is 0.856. The van der Waals surface area contributed by atoms with Gasteiger partial charge in [0.2, 0.25) is 5.13 Å². The van der Waals surface area contributed by atoms with Crippen LogP contribution in [0.3, 0.4) is 0 Å². The summed E-state index contributed by atoms with van der Waals surface area (Å²) in [4.78, 5) is 4.43. The topological polar surface area (TPSA) is 69.6 Å². The van der Waals surface area contributed by atoms with Crippen molar-refractivity contribution in [3.63, 3.8) is 0 Å². The highest BCUT2D eigenvalue weighted by atomic mass is 79.9. The largest absolute Gasteiger partial charge is 0.381 e. The third-order valence-electron chi connectivity index (χ3n) is 2.27.